The van der Waals surface area contributed by atoms with E-state index in [2.05, 4.69) is 22.3 Å². The van der Waals surface area contributed by atoms with E-state index in [0.717, 1.165) is 25.7 Å². The lowest BCUT2D eigenvalue weighted by atomic mass is 9.70. The van der Waals surface area contributed by atoms with Crippen LogP contribution in [-0.2, 0) is 17.6 Å². The Morgan fingerprint density at radius 3 is 2.69 bits per heavy atom. The highest BCUT2D eigenvalue weighted by Gasteiger charge is 2.56. The van der Waals surface area contributed by atoms with Crippen LogP contribution in [0, 0.1) is 12.3 Å². The lowest BCUT2D eigenvalue weighted by molar-refractivity contribution is -0.132. The Morgan fingerprint density at radius 2 is 2.04 bits per heavy atom. The summed E-state index contributed by atoms with van der Waals surface area (Å²) in [4.78, 5) is 26.9. The first-order chi connectivity index (χ1) is 12.5. The van der Waals surface area contributed by atoms with Crippen LogP contribution in [0.5, 0.6) is 0 Å². The normalized spacial score (nSPS) is 27.2. The van der Waals surface area contributed by atoms with Crippen LogP contribution in [0.4, 0.5) is 0 Å². The number of aryl methyl sites for hydroxylation is 1. The minimum absolute atomic E-state index is 0.00548. The molecule has 0 radical (unpaired) electrons. The number of H-pyrrole nitrogens is 2. The molecule has 4 rings (SSSR count). The molecule has 0 saturated carbocycles. The van der Waals surface area contributed by atoms with Gasteiger partial charge in [-0.1, -0.05) is 30.3 Å². The molecule has 138 valence electrons. The van der Waals surface area contributed by atoms with Crippen molar-refractivity contribution in [1.82, 2.24) is 15.1 Å². The van der Waals surface area contributed by atoms with E-state index < -0.39 is 0 Å². The third kappa shape index (κ3) is 2.69. The van der Waals surface area contributed by atoms with Gasteiger partial charge in [0.05, 0.1) is 13.0 Å². The van der Waals surface area contributed by atoms with Gasteiger partial charge in [0.2, 0.25) is 5.91 Å². The second kappa shape index (κ2) is 6.43. The molecule has 3 atom stereocenters. The summed E-state index contributed by atoms with van der Waals surface area (Å²) in [5.41, 5.74) is 1.92. The number of amides is 1. The summed E-state index contributed by atoms with van der Waals surface area (Å²) in [5.74, 6) is -0.00548. The average Bonchev–Trinajstić information content (AvgIpc) is 3.30. The Kier molecular flexibility index (Phi) is 4.23. The first-order valence-corrected chi connectivity index (χ1v) is 9.26. The number of hydrogen-bond acceptors (Lipinski definition) is 3. The standard InChI is InChI=1S/C20H25N3O3/c1-13-16(19(26)22-21-13)9-18(25)23-15-7-8-17(23)20(11-15,12-24)10-14-5-3-2-4-6-14/h2-6,15,17,24H,7-12H2,1H3,(H2,21,22,26)/t15-,17+,20-/m1/s1. The van der Waals surface area contributed by atoms with Gasteiger partial charge in [-0.2, -0.15) is 0 Å². The first kappa shape index (κ1) is 17.1. The van der Waals surface area contributed by atoms with Gasteiger partial charge in [-0.05, 0) is 38.2 Å². The topological polar surface area (TPSA) is 89.2 Å². The van der Waals surface area contributed by atoms with Crippen molar-refractivity contribution in [2.75, 3.05) is 6.61 Å². The largest absolute Gasteiger partial charge is 0.396 e. The van der Waals surface area contributed by atoms with Crippen molar-refractivity contribution in [3.63, 3.8) is 0 Å². The molecule has 2 saturated heterocycles. The van der Waals surface area contributed by atoms with Crippen LogP contribution in [0.2, 0.25) is 0 Å². The molecular weight excluding hydrogens is 330 g/mol. The zero-order valence-corrected chi connectivity index (χ0v) is 15.0. The number of rotatable bonds is 5. The highest BCUT2D eigenvalue weighted by Crippen LogP contribution is 2.51. The molecule has 6 nitrogen and oxygen atoms in total. The second-order valence-electron chi connectivity index (χ2n) is 7.79. The van der Waals surface area contributed by atoms with Crippen molar-refractivity contribution >= 4 is 5.91 Å². The van der Waals surface area contributed by atoms with E-state index >= 15 is 0 Å². The molecule has 1 aromatic heterocycles. The number of hydrogen-bond donors (Lipinski definition) is 3. The predicted octanol–water partition coefficient (Wildman–Crippen LogP) is 1.54. The summed E-state index contributed by atoms with van der Waals surface area (Å²) in [6, 6.07) is 10.4. The van der Waals surface area contributed by atoms with Gasteiger partial charge in [0, 0.05) is 28.8 Å². The summed E-state index contributed by atoms with van der Waals surface area (Å²) < 4.78 is 0. The number of aromatic nitrogens is 2. The SMILES string of the molecule is Cc1[nH][nH]c(=O)c1CC(=O)N1[C@@H]2CC[C@H]1[C@](CO)(Cc1ccccc1)C2. The molecular formula is C20H25N3O3. The van der Waals surface area contributed by atoms with Crippen LogP contribution in [-0.4, -0.2) is 44.8 Å². The van der Waals surface area contributed by atoms with Crippen molar-refractivity contribution in [3.05, 3.63) is 57.5 Å². The fourth-order valence-corrected chi connectivity index (χ4v) is 5.01. The van der Waals surface area contributed by atoms with Crippen molar-refractivity contribution in [2.45, 2.75) is 51.1 Å². The quantitative estimate of drug-likeness (QED) is 0.760. The highest BCUT2D eigenvalue weighted by molar-refractivity contribution is 5.80. The summed E-state index contributed by atoms with van der Waals surface area (Å²) in [5, 5.41) is 15.6. The van der Waals surface area contributed by atoms with E-state index in [4.69, 9.17) is 0 Å². The van der Waals surface area contributed by atoms with Crippen molar-refractivity contribution in [1.29, 1.82) is 0 Å². The molecule has 0 aliphatic carbocycles. The molecule has 26 heavy (non-hydrogen) atoms. The maximum absolute atomic E-state index is 13.0. The van der Waals surface area contributed by atoms with Crippen LogP contribution in [0.3, 0.4) is 0 Å². The zero-order valence-electron chi connectivity index (χ0n) is 15.0. The van der Waals surface area contributed by atoms with E-state index in [1.54, 1.807) is 6.92 Å². The highest BCUT2D eigenvalue weighted by atomic mass is 16.3. The van der Waals surface area contributed by atoms with Crippen LogP contribution < -0.4 is 5.56 Å². The van der Waals surface area contributed by atoms with Crippen LogP contribution in [0.1, 0.15) is 36.1 Å². The van der Waals surface area contributed by atoms with Gasteiger partial charge < -0.3 is 15.1 Å². The first-order valence-electron chi connectivity index (χ1n) is 9.26. The second-order valence-corrected chi connectivity index (χ2v) is 7.79. The monoisotopic (exact) mass is 355 g/mol. The number of nitrogens with zero attached hydrogens (tertiary/aromatic N) is 1. The van der Waals surface area contributed by atoms with E-state index in [1.807, 2.05) is 23.1 Å². The third-order valence-corrected chi connectivity index (χ3v) is 6.27. The maximum atomic E-state index is 13.0. The Hall–Kier alpha value is -2.34. The molecule has 2 aromatic rings. The Morgan fingerprint density at radius 1 is 1.27 bits per heavy atom. The van der Waals surface area contributed by atoms with E-state index in [-0.39, 0.29) is 42.0 Å². The lowest BCUT2D eigenvalue weighted by Crippen LogP contribution is -2.44. The van der Waals surface area contributed by atoms with Crippen molar-refractivity contribution in [2.24, 2.45) is 5.41 Å². The van der Waals surface area contributed by atoms with Crippen molar-refractivity contribution < 1.29 is 9.90 Å². The summed E-state index contributed by atoms with van der Waals surface area (Å²) in [7, 11) is 0. The molecule has 2 fully saturated rings. The number of aliphatic hydroxyl groups is 1. The molecule has 2 aliphatic heterocycles. The number of carbonyl (C=O) groups excluding carboxylic acids is 1. The summed E-state index contributed by atoms with van der Waals surface area (Å²) >= 11 is 0. The number of nitrogens with one attached hydrogen (secondary N) is 2. The van der Waals surface area contributed by atoms with E-state index in [9.17, 15) is 14.7 Å². The number of aliphatic hydroxyl groups excluding tert-OH is 1. The molecule has 6 heteroatoms. The predicted molar refractivity (Wildman–Crippen MR) is 97.8 cm³/mol. The van der Waals surface area contributed by atoms with Crippen LogP contribution in [0.15, 0.2) is 35.1 Å². The summed E-state index contributed by atoms with van der Waals surface area (Å²) in [6.45, 7) is 1.88. The van der Waals surface area contributed by atoms with E-state index in [1.165, 1.54) is 5.56 Å². The van der Waals surface area contributed by atoms with Gasteiger partial charge in [-0.25, -0.2) is 0 Å². The molecule has 0 unspecified atom stereocenters. The van der Waals surface area contributed by atoms with Gasteiger partial charge in [0.15, 0.2) is 0 Å². The number of aromatic amines is 2. The molecule has 2 aliphatic rings. The van der Waals surface area contributed by atoms with Gasteiger partial charge in [0.25, 0.3) is 5.56 Å². The minimum Gasteiger partial charge on any atom is -0.396 e. The van der Waals surface area contributed by atoms with Gasteiger partial charge in [-0.3, -0.25) is 14.7 Å². The van der Waals surface area contributed by atoms with Crippen LogP contribution >= 0.6 is 0 Å². The van der Waals surface area contributed by atoms with Crippen molar-refractivity contribution in [3.8, 4) is 0 Å². The fourth-order valence-electron chi connectivity index (χ4n) is 5.01. The van der Waals surface area contributed by atoms with Gasteiger partial charge in [-0.15, -0.1) is 0 Å². The zero-order chi connectivity index (χ0) is 18.3. The smallest absolute Gasteiger partial charge is 0.267 e. The van der Waals surface area contributed by atoms with E-state index in [0.29, 0.717) is 11.3 Å². The van der Waals surface area contributed by atoms with Crippen LogP contribution in [0.25, 0.3) is 0 Å². The summed E-state index contributed by atoms with van der Waals surface area (Å²) in [6.07, 6.45) is 3.63. The fraction of sp³-hybridized carbons (Fsp3) is 0.500. The molecule has 1 aromatic carbocycles. The number of benzene rings is 1. The maximum Gasteiger partial charge on any atom is 0.267 e. The number of carbonyl (C=O) groups is 1. The lowest BCUT2D eigenvalue weighted by Gasteiger charge is -2.36. The Balaban J connectivity index is 1.57. The Labute approximate surface area is 152 Å². The Bertz CT molecular complexity index is 857. The third-order valence-electron chi connectivity index (χ3n) is 6.27. The molecule has 1 amide bonds. The minimum atomic E-state index is -0.278. The molecule has 0 spiro atoms. The van der Waals surface area contributed by atoms with Gasteiger partial charge in [0.1, 0.15) is 0 Å². The van der Waals surface area contributed by atoms with Gasteiger partial charge >= 0.3 is 0 Å². The molecule has 3 N–H and O–H groups in total. The number of fused-ring (bicyclic) bond motifs is 2. The average molecular weight is 355 g/mol. The molecule has 2 bridgehead atoms. The molecule has 3 heterocycles.